The van der Waals surface area contributed by atoms with Gasteiger partial charge in [-0.3, -0.25) is 4.79 Å². The summed E-state index contributed by atoms with van der Waals surface area (Å²) in [5, 5.41) is 0. The molecule has 2 atom stereocenters. The molecule has 0 aromatic heterocycles. The van der Waals surface area contributed by atoms with Crippen molar-refractivity contribution in [3.8, 4) is 0 Å². The minimum Gasteiger partial charge on any atom is -0.469 e. The third-order valence-corrected chi connectivity index (χ3v) is 7.38. The van der Waals surface area contributed by atoms with Crippen molar-refractivity contribution < 1.29 is 18.4 Å². The van der Waals surface area contributed by atoms with E-state index in [2.05, 4.69) is 46.2 Å². The zero-order valence-electron chi connectivity index (χ0n) is 22.2. The molecule has 0 unspecified atom stereocenters. The summed E-state index contributed by atoms with van der Waals surface area (Å²) in [6.45, 7) is 16.1. The fraction of sp³-hybridized carbons (Fsp3) is 0.960. The molecular formula is C25H54O4Si2. The molecule has 4 nitrogen and oxygen atoms in total. The Kier molecular flexibility index (Phi) is 17.2. The Labute approximate surface area is 196 Å². The van der Waals surface area contributed by atoms with Gasteiger partial charge in [0.1, 0.15) is 0 Å². The molecule has 0 aromatic rings. The number of rotatable bonds is 20. The number of methoxy groups -OCH3 is 1. The number of unbranched alkanes of at least 4 members (excludes halogenated alkanes) is 9. The Morgan fingerprint density at radius 3 is 1.42 bits per heavy atom. The van der Waals surface area contributed by atoms with Crippen LogP contribution in [0.5, 0.6) is 0 Å². The molecule has 186 valence electrons. The Morgan fingerprint density at radius 2 is 1.03 bits per heavy atom. The summed E-state index contributed by atoms with van der Waals surface area (Å²) in [5.74, 6) is -0.0929. The van der Waals surface area contributed by atoms with E-state index in [-0.39, 0.29) is 18.2 Å². The molecule has 0 aromatic carbocycles. The van der Waals surface area contributed by atoms with E-state index < -0.39 is 16.6 Å². The van der Waals surface area contributed by atoms with Crippen LogP contribution in [0.25, 0.3) is 0 Å². The van der Waals surface area contributed by atoms with Crippen LogP contribution in [0.15, 0.2) is 0 Å². The van der Waals surface area contributed by atoms with Crippen LogP contribution in [-0.4, -0.2) is 41.9 Å². The highest BCUT2D eigenvalue weighted by molar-refractivity contribution is 6.70. The van der Waals surface area contributed by atoms with E-state index in [1.54, 1.807) is 0 Å². The molecule has 0 saturated heterocycles. The second-order valence-electron chi connectivity index (χ2n) is 11.0. The van der Waals surface area contributed by atoms with Crippen molar-refractivity contribution in [2.75, 3.05) is 7.11 Å². The summed E-state index contributed by atoms with van der Waals surface area (Å²) in [6, 6.07) is 0. The zero-order valence-corrected chi connectivity index (χ0v) is 24.2. The number of carbonyl (C=O) groups excluding carboxylic acids is 1. The van der Waals surface area contributed by atoms with Gasteiger partial charge < -0.3 is 13.6 Å². The van der Waals surface area contributed by atoms with Crippen LogP contribution in [0, 0.1) is 0 Å². The van der Waals surface area contributed by atoms with Gasteiger partial charge in [0, 0.05) is 6.42 Å². The maximum absolute atomic E-state index is 11.2. The lowest BCUT2D eigenvalue weighted by molar-refractivity contribution is -0.140. The molecule has 0 fully saturated rings. The van der Waals surface area contributed by atoms with Gasteiger partial charge in [-0.2, -0.15) is 0 Å². The summed E-state index contributed by atoms with van der Waals surface area (Å²) in [7, 11) is -1.80. The average Bonchev–Trinajstić information content (AvgIpc) is 2.66. The highest BCUT2D eigenvalue weighted by Crippen LogP contribution is 2.25. The highest BCUT2D eigenvalue weighted by Gasteiger charge is 2.31. The van der Waals surface area contributed by atoms with Crippen LogP contribution in [0.3, 0.4) is 0 Å². The molecule has 0 rings (SSSR count). The van der Waals surface area contributed by atoms with Gasteiger partial charge in [-0.1, -0.05) is 71.1 Å². The maximum Gasteiger partial charge on any atom is 0.305 e. The summed E-state index contributed by atoms with van der Waals surface area (Å²) >= 11 is 0. The van der Waals surface area contributed by atoms with E-state index in [0.717, 1.165) is 25.7 Å². The Morgan fingerprint density at radius 1 is 0.645 bits per heavy atom. The summed E-state index contributed by atoms with van der Waals surface area (Å²) in [4.78, 5) is 11.2. The summed E-state index contributed by atoms with van der Waals surface area (Å²) in [6.07, 6.45) is 16.7. The second-order valence-corrected chi connectivity index (χ2v) is 19.9. The van der Waals surface area contributed by atoms with Crippen molar-refractivity contribution in [3.63, 3.8) is 0 Å². The fourth-order valence-electron chi connectivity index (χ4n) is 3.92. The zero-order chi connectivity index (χ0) is 23.8. The molecule has 0 N–H and O–H groups in total. The number of ether oxygens (including phenoxy) is 1. The van der Waals surface area contributed by atoms with E-state index in [1.807, 2.05) is 0 Å². The summed E-state index contributed by atoms with van der Waals surface area (Å²) < 4.78 is 18.1. The van der Waals surface area contributed by atoms with Crippen molar-refractivity contribution in [3.05, 3.63) is 0 Å². The van der Waals surface area contributed by atoms with E-state index in [0.29, 0.717) is 6.42 Å². The molecule has 0 saturated carbocycles. The lowest BCUT2D eigenvalue weighted by atomic mass is 9.99. The molecule has 0 spiro atoms. The fourth-order valence-corrected chi connectivity index (χ4v) is 6.28. The van der Waals surface area contributed by atoms with Crippen LogP contribution in [0.4, 0.5) is 0 Å². The van der Waals surface area contributed by atoms with Gasteiger partial charge in [0.25, 0.3) is 0 Å². The van der Waals surface area contributed by atoms with Crippen LogP contribution in [0.1, 0.15) is 96.8 Å². The Hall–Kier alpha value is -0.176. The van der Waals surface area contributed by atoms with E-state index in [4.69, 9.17) is 13.6 Å². The van der Waals surface area contributed by atoms with Crippen LogP contribution in [0.2, 0.25) is 39.3 Å². The summed E-state index contributed by atoms with van der Waals surface area (Å²) in [5.41, 5.74) is 0. The average molecular weight is 475 g/mol. The molecule has 0 radical (unpaired) electrons. The molecular weight excluding hydrogens is 420 g/mol. The minimum absolute atomic E-state index is 0.0929. The van der Waals surface area contributed by atoms with Gasteiger partial charge in [0.05, 0.1) is 19.3 Å². The smallest absolute Gasteiger partial charge is 0.305 e. The first-order valence-corrected chi connectivity index (χ1v) is 19.7. The lowest BCUT2D eigenvalue weighted by Gasteiger charge is -2.36. The molecule has 6 heteroatoms. The first-order chi connectivity index (χ1) is 14.5. The van der Waals surface area contributed by atoms with E-state index in [9.17, 15) is 4.79 Å². The van der Waals surface area contributed by atoms with Gasteiger partial charge in [-0.15, -0.1) is 0 Å². The molecule has 31 heavy (non-hydrogen) atoms. The number of esters is 1. The van der Waals surface area contributed by atoms with Crippen molar-refractivity contribution in [2.45, 2.75) is 148 Å². The minimum atomic E-state index is -1.64. The molecule has 0 heterocycles. The topological polar surface area (TPSA) is 44.8 Å². The maximum atomic E-state index is 11.2. The molecule has 0 aliphatic heterocycles. The van der Waals surface area contributed by atoms with E-state index >= 15 is 0 Å². The first kappa shape index (κ1) is 30.8. The SMILES string of the molecule is CCCCCCCC[C@@H](O[Si](C)(C)C)[C@H](CCCCCCCC(=O)OC)O[Si](C)(C)C. The van der Waals surface area contributed by atoms with Crippen molar-refractivity contribution in [1.29, 1.82) is 0 Å². The predicted octanol–water partition coefficient (Wildman–Crippen LogP) is 8.08. The van der Waals surface area contributed by atoms with Crippen LogP contribution in [-0.2, 0) is 18.4 Å². The van der Waals surface area contributed by atoms with Crippen molar-refractivity contribution >= 4 is 22.6 Å². The predicted molar refractivity (Wildman–Crippen MR) is 139 cm³/mol. The molecule has 0 amide bonds. The largest absolute Gasteiger partial charge is 0.469 e. The van der Waals surface area contributed by atoms with Crippen molar-refractivity contribution in [2.24, 2.45) is 0 Å². The molecule has 0 bridgehead atoms. The number of hydrogen-bond donors (Lipinski definition) is 0. The second kappa shape index (κ2) is 17.3. The van der Waals surface area contributed by atoms with Crippen LogP contribution < -0.4 is 0 Å². The van der Waals surface area contributed by atoms with Gasteiger partial charge in [0.15, 0.2) is 16.6 Å². The highest BCUT2D eigenvalue weighted by atomic mass is 28.4. The third-order valence-electron chi connectivity index (χ3n) is 5.36. The van der Waals surface area contributed by atoms with E-state index in [1.165, 1.54) is 64.9 Å². The lowest BCUT2D eigenvalue weighted by Crippen LogP contribution is -2.44. The molecule has 0 aliphatic carbocycles. The van der Waals surface area contributed by atoms with Gasteiger partial charge in [0.2, 0.25) is 0 Å². The quantitative estimate of drug-likeness (QED) is 0.102. The van der Waals surface area contributed by atoms with Crippen LogP contribution >= 0.6 is 0 Å². The number of carbonyl (C=O) groups is 1. The molecule has 0 aliphatic rings. The van der Waals surface area contributed by atoms with Crippen molar-refractivity contribution in [1.82, 2.24) is 0 Å². The monoisotopic (exact) mass is 474 g/mol. The van der Waals surface area contributed by atoms with Gasteiger partial charge in [-0.25, -0.2) is 0 Å². The first-order valence-electron chi connectivity index (χ1n) is 12.9. The Bertz CT molecular complexity index is 444. The normalized spacial score (nSPS) is 14.5. The van der Waals surface area contributed by atoms with Gasteiger partial charge in [-0.05, 0) is 58.5 Å². The Balaban J connectivity index is 4.67. The van der Waals surface area contributed by atoms with Gasteiger partial charge >= 0.3 is 5.97 Å². The third kappa shape index (κ3) is 20.2. The standard InChI is InChI=1S/C25H54O4Si2/c1-9-10-11-12-14-17-20-23(28-30(3,4)5)24(29-31(6,7)8)21-18-15-13-16-19-22-25(26)27-2/h23-24H,9-22H2,1-8H3/t23-,24+/m1/s1. The number of hydrogen-bond acceptors (Lipinski definition) is 4.